The lowest BCUT2D eigenvalue weighted by Gasteiger charge is -2.34. The van der Waals surface area contributed by atoms with Gasteiger partial charge in [-0.2, -0.15) is 0 Å². The van der Waals surface area contributed by atoms with E-state index in [0.29, 0.717) is 5.69 Å². The Morgan fingerprint density at radius 3 is 2.43 bits per heavy atom. The van der Waals surface area contributed by atoms with E-state index in [2.05, 4.69) is 46.5 Å². The number of hydrogen-bond acceptors (Lipinski definition) is 3. The summed E-state index contributed by atoms with van der Waals surface area (Å²) in [6.45, 7) is 3.89. The molecule has 2 N–H and O–H groups in total. The van der Waals surface area contributed by atoms with Gasteiger partial charge in [-0.15, -0.1) is 0 Å². The quantitative estimate of drug-likeness (QED) is 0.736. The second-order valence-corrected chi connectivity index (χ2v) is 7.25. The molecule has 0 aliphatic carbocycles. The maximum absolute atomic E-state index is 12.6. The maximum atomic E-state index is 12.6. The first-order valence-electron chi connectivity index (χ1n) is 9.60. The second-order valence-electron chi connectivity index (χ2n) is 7.25. The number of piperidine rings is 1. The van der Waals surface area contributed by atoms with Crippen molar-refractivity contribution in [3.05, 3.63) is 82.3 Å². The van der Waals surface area contributed by atoms with Gasteiger partial charge in [0, 0.05) is 30.9 Å². The standard InChI is InChI=1S/C22H24N4O2/c1-16-6-5-9-19(14-16)25-12-10-17(11-13-25)23-22(28)20-15-21(27)26(24-20)18-7-3-2-4-8-18/h2-9,14-15,17,24H,10-13H2,1H3,(H,23,28). The Hall–Kier alpha value is -3.28. The van der Waals surface area contributed by atoms with E-state index in [1.54, 1.807) is 0 Å². The Labute approximate surface area is 163 Å². The molecular weight excluding hydrogens is 352 g/mol. The van der Waals surface area contributed by atoms with Crippen molar-refractivity contribution in [1.82, 2.24) is 15.1 Å². The Kier molecular flexibility index (Phi) is 5.02. The van der Waals surface area contributed by atoms with E-state index in [-0.39, 0.29) is 23.2 Å². The number of rotatable bonds is 4. The lowest BCUT2D eigenvalue weighted by Crippen LogP contribution is -2.44. The van der Waals surface area contributed by atoms with Crippen molar-refractivity contribution in [2.24, 2.45) is 0 Å². The molecule has 0 atom stereocenters. The highest BCUT2D eigenvalue weighted by molar-refractivity contribution is 5.92. The van der Waals surface area contributed by atoms with Crippen LogP contribution in [0.3, 0.4) is 0 Å². The number of H-pyrrole nitrogens is 1. The summed E-state index contributed by atoms with van der Waals surface area (Å²) in [6, 6.07) is 19.2. The van der Waals surface area contributed by atoms with E-state index >= 15 is 0 Å². The smallest absolute Gasteiger partial charge is 0.271 e. The minimum Gasteiger partial charge on any atom is -0.371 e. The van der Waals surface area contributed by atoms with Gasteiger partial charge >= 0.3 is 0 Å². The third kappa shape index (κ3) is 3.86. The Morgan fingerprint density at radius 1 is 1.00 bits per heavy atom. The number of carbonyl (C=O) groups is 1. The number of aryl methyl sites for hydroxylation is 1. The molecule has 28 heavy (non-hydrogen) atoms. The lowest BCUT2D eigenvalue weighted by molar-refractivity contribution is 0.0925. The molecule has 6 heteroatoms. The fourth-order valence-corrected chi connectivity index (χ4v) is 3.65. The van der Waals surface area contributed by atoms with Crippen LogP contribution in [0.4, 0.5) is 5.69 Å². The second kappa shape index (κ2) is 7.76. The average Bonchev–Trinajstić information content (AvgIpc) is 3.11. The molecule has 1 amide bonds. The van der Waals surface area contributed by atoms with Crippen LogP contribution >= 0.6 is 0 Å². The molecule has 0 unspecified atom stereocenters. The molecule has 0 spiro atoms. The van der Waals surface area contributed by atoms with Crippen molar-refractivity contribution in [2.45, 2.75) is 25.8 Å². The molecule has 0 bridgehead atoms. The summed E-state index contributed by atoms with van der Waals surface area (Å²) < 4.78 is 1.38. The van der Waals surface area contributed by atoms with Crippen molar-refractivity contribution in [3.63, 3.8) is 0 Å². The van der Waals surface area contributed by atoms with Crippen LogP contribution in [0, 0.1) is 6.92 Å². The number of aromatic amines is 1. The number of benzene rings is 2. The fraction of sp³-hybridized carbons (Fsp3) is 0.273. The summed E-state index contributed by atoms with van der Waals surface area (Å²) in [4.78, 5) is 27.2. The fourth-order valence-electron chi connectivity index (χ4n) is 3.65. The molecule has 1 aliphatic heterocycles. The molecular formula is C22H24N4O2. The topological polar surface area (TPSA) is 70.1 Å². The Morgan fingerprint density at radius 2 is 1.71 bits per heavy atom. The Balaban J connectivity index is 1.38. The zero-order valence-electron chi connectivity index (χ0n) is 15.9. The molecule has 0 saturated carbocycles. The van der Waals surface area contributed by atoms with Crippen LogP contribution in [0.15, 0.2) is 65.5 Å². The SMILES string of the molecule is Cc1cccc(N2CCC(NC(=O)c3cc(=O)n(-c4ccccc4)[nH]3)CC2)c1. The first-order chi connectivity index (χ1) is 13.6. The molecule has 1 aliphatic rings. The van der Waals surface area contributed by atoms with E-state index in [4.69, 9.17) is 0 Å². The number of aromatic nitrogens is 2. The zero-order valence-corrected chi connectivity index (χ0v) is 15.9. The number of hydrogen-bond donors (Lipinski definition) is 2. The summed E-state index contributed by atoms with van der Waals surface area (Å²) in [5.41, 5.74) is 3.23. The molecule has 1 saturated heterocycles. The van der Waals surface area contributed by atoms with Gasteiger partial charge in [-0.3, -0.25) is 14.7 Å². The number of amides is 1. The Bertz CT molecular complexity index is 1010. The number of nitrogens with zero attached hydrogens (tertiary/aromatic N) is 2. The van der Waals surface area contributed by atoms with Gasteiger partial charge in [0.2, 0.25) is 0 Å². The van der Waals surface area contributed by atoms with E-state index in [1.165, 1.54) is 22.0 Å². The summed E-state index contributed by atoms with van der Waals surface area (Å²) in [7, 11) is 0. The predicted octanol–water partition coefficient (Wildman–Crippen LogP) is 2.87. The molecule has 4 rings (SSSR count). The van der Waals surface area contributed by atoms with E-state index in [0.717, 1.165) is 25.9 Å². The van der Waals surface area contributed by atoms with Crippen LogP contribution in [0.1, 0.15) is 28.9 Å². The monoisotopic (exact) mass is 376 g/mol. The number of para-hydroxylation sites is 1. The van der Waals surface area contributed by atoms with Crippen LogP contribution < -0.4 is 15.8 Å². The van der Waals surface area contributed by atoms with Gasteiger partial charge in [0.05, 0.1) is 5.69 Å². The van der Waals surface area contributed by atoms with Crippen LogP contribution in [0.25, 0.3) is 5.69 Å². The summed E-state index contributed by atoms with van der Waals surface area (Å²) in [6.07, 6.45) is 1.76. The lowest BCUT2D eigenvalue weighted by atomic mass is 10.0. The van der Waals surface area contributed by atoms with E-state index < -0.39 is 0 Å². The van der Waals surface area contributed by atoms with Gasteiger partial charge < -0.3 is 10.2 Å². The third-order valence-corrected chi connectivity index (χ3v) is 5.18. The minimum atomic E-state index is -0.245. The highest BCUT2D eigenvalue weighted by Crippen LogP contribution is 2.21. The van der Waals surface area contributed by atoms with Crippen molar-refractivity contribution in [2.75, 3.05) is 18.0 Å². The molecule has 2 aromatic carbocycles. The van der Waals surface area contributed by atoms with Crippen LogP contribution in [0.5, 0.6) is 0 Å². The van der Waals surface area contributed by atoms with Crippen molar-refractivity contribution < 1.29 is 4.79 Å². The normalized spacial score (nSPS) is 14.8. The van der Waals surface area contributed by atoms with Crippen LogP contribution in [-0.4, -0.2) is 34.8 Å². The van der Waals surface area contributed by atoms with Gasteiger partial charge in [0.25, 0.3) is 11.5 Å². The molecule has 2 heterocycles. The average molecular weight is 376 g/mol. The van der Waals surface area contributed by atoms with Gasteiger partial charge in [-0.05, 0) is 49.6 Å². The van der Waals surface area contributed by atoms with Gasteiger partial charge in [-0.1, -0.05) is 30.3 Å². The highest BCUT2D eigenvalue weighted by atomic mass is 16.2. The molecule has 0 radical (unpaired) electrons. The van der Waals surface area contributed by atoms with Crippen LogP contribution in [0.2, 0.25) is 0 Å². The first kappa shape index (κ1) is 18.1. The third-order valence-electron chi connectivity index (χ3n) is 5.18. The van der Waals surface area contributed by atoms with Crippen molar-refractivity contribution >= 4 is 11.6 Å². The van der Waals surface area contributed by atoms with Crippen molar-refractivity contribution in [1.29, 1.82) is 0 Å². The molecule has 1 aromatic heterocycles. The highest BCUT2D eigenvalue weighted by Gasteiger charge is 2.22. The molecule has 6 nitrogen and oxygen atoms in total. The van der Waals surface area contributed by atoms with E-state index in [1.807, 2.05) is 30.3 Å². The van der Waals surface area contributed by atoms with Crippen LogP contribution in [-0.2, 0) is 0 Å². The molecule has 144 valence electrons. The summed E-state index contributed by atoms with van der Waals surface area (Å²) >= 11 is 0. The zero-order chi connectivity index (χ0) is 19.5. The van der Waals surface area contributed by atoms with Gasteiger partial charge in [0.1, 0.15) is 5.69 Å². The molecule has 3 aromatic rings. The largest absolute Gasteiger partial charge is 0.371 e. The van der Waals surface area contributed by atoms with Gasteiger partial charge in [-0.25, -0.2) is 4.68 Å². The van der Waals surface area contributed by atoms with Gasteiger partial charge in [0.15, 0.2) is 0 Å². The minimum absolute atomic E-state index is 0.108. The molecule has 1 fully saturated rings. The first-order valence-corrected chi connectivity index (χ1v) is 9.60. The summed E-state index contributed by atoms with van der Waals surface area (Å²) in [5.74, 6) is -0.235. The number of nitrogens with one attached hydrogen (secondary N) is 2. The van der Waals surface area contributed by atoms with E-state index in [9.17, 15) is 9.59 Å². The number of carbonyl (C=O) groups excluding carboxylic acids is 1. The summed E-state index contributed by atoms with van der Waals surface area (Å²) in [5, 5.41) is 5.97. The maximum Gasteiger partial charge on any atom is 0.271 e. The predicted molar refractivity (Wildman–Crippen MR) is 110 cm³/mol. The number of anilines is 1. The van der Waals surface area contributed by atoms with Crippen molar-refractivity contribution in [3.8, 4) is 5.69 Å².